The minimum atomic E-state index is -4.99. The predicted octanol–water partition coefficient (Wildman–Crippen LogP) is 1.96. The van der Waals surface area contributed by atoms with E-state index < -0.39 is 42.0 Å². The van der Waals surface area contributed by atoms with Gasteiger partial charge in [-0.15, -0.1) is 13.2 Å². The van der Waals surface area contributed by atoms with Crippen LogP contribution in [-0.2, 0) is 6.54 Å². The zero-order valence-electron chi connectivity index (χ0n) is 8.26. The molecule has 0 bridgehead atoms. The molecule has 0 unspecified atom stereocenters. The lowest BCUT2D eigenvalue weighted by atomic mass is 10.1. The van der Waals surface area contributed by atoms with Crippen molar-refractivity contribution in [3.63, 3.8) is 0 Å². The van der Waals surface area contributed by atoms with Crippen molar-refractivity contribution in [3.05, 3.63) is 17.3 Å². The first-order valence-corrected chi connectivity index (χ1v) is 4.27. The van der Waals surface area contributed by atoms with Gasteiger partial charge < -0.3 is 16.2 Å². The van der Waals surface area contributed by atoms with Crippen molar-refractivity contribution in [3.8, 4) is 5.88 Å². The molecule has 0 aliphatic heterocycles. The zero-order valence-corrected chi connectivity index (χ0v) is 8.26. The molecule has 4 nitrogen and oxygen atoms in total. The molecule has 1 heterocycles. The summed E-state index contributed by atoms with van der Waals surface area (Å²) in [7, 11) is 0. The van der Waals surface area contributed by atoms with E-state index in [1.54, 1.807) is 0 Å². The summed E-state index contributed by atoms with van der Waals surface area (Å²) in [4.78, 5) is 3.13. The van der Waals surface area contributed by atoms with Crippen molar-refractivity contribution < 1.29 is 26.7 Å². The summed E-state index contributed by atoms with van der Waals surface area (Å²) in [5, 5.41) is 0. The quantitative estimate of drug-likeness (QED) is 0.812. The molecule has 4 N–H and O–H groups in total. The number of rotatable bonds is 3. The van der Waals surface area contributed by atoms with Gasteiger partial charge >= 0.3 is 6.36 Å². The summed E-state index contributed by atoms with van der Waals surface area (Å²) in [5.74, 6) is -0.915. The fourth-order valence-electron chi connectivity index (χ4n) is 1.13. The first kappa shape index (κ1) is 13.4. The van der Waals surface area contributed by atoms with E-state index in [1.807, 2.05) is 0 Å². The minimum absolute atomic E-state index is 0.403. The Kier molecular flexibility index (Phi) is 3.71. The van der Waals surface area contributed by atoms with E-state index in [4.69, 9.17) is 11.5 Å². The fourth-order valence-corrected chi connectivity index (χ4v) is 1.13. The SMILES string of the molecule is NCc1c(OC(F)(F)F)ncc(C(F)F)c1N. The van der Waals surface area contributed by atoms with Crippen molar-refractivity contribution >= 4 is 5.69 Å². The second-order valence-corrected chi connectivity index (χ2v) is 2.96. The molecule has 0 aliphatic carbocycles. The van der Waals surface area contributed by atoms with Gasteiger partial charge in [0.05, 0.1) is 16.8 Å². The summed E-state index contributed by atoms with van der Waals surface area (Å²) >= 11 is 0. The van der Waals surface area contributed by atoms with E-state index in [-0.39, 0.29) is 0 Å². The smallest absolute Gasteiger partial charge is 0.398 e. The van der Waals surface area contributed by atoms with Crippen LogP contribution in [0.15, 0.2) is 6.20 Å². The maximum absolute atomic E-state index is 12.4. The number of hydrogen-bond acceptors (Lipinski definition) is 4. The van der Waals surface area contributed by atoms with Crippen LogP contribution in [-0.4, -0.2) is 11.3 Å². The van der Waals surface area contributed by atoms with Gasteiger partial charge in [0, 0.05) is 12.7 Å². The van der Waals surface area contributed by atoms with E-state index in [0.29, 0.717) is 6.20 Å². The molecular weight excluding hydrogens is 249 g/mol. The maximum atomic E-state index is 12.4. The number of aromatic nitrogens is 1. The molecule has 0 fully saturated rings. The monoisotopic (exact) mass is 257 g/mol. The normalized spacial score (nSPS) is 11.9. The lowest BCUT2D eigenvalue weighted by Gasteiger charge is -2.14. The summed E-state index contributed by atoms with van der Waals surface area (Å²) in [6.45, 7) is -0.495. The number of ether oxygens (including phenoxy) is 1. The van der Waals surface area contributed by atoms with Crippen LogP contribution in [0.25, 0.3) is 0 Å². The molecule has 1 rings (SSSR count). The van der Waals surface area contributed by atoms with Crippen LogP contribution in [0.1, 0.15) is 17.6 Å². The van der Waals surface area contributed by atoms with Gasteiger partial charge in [0.25, 0.3) is 6.43 Å². The lowest BCUT2D eigenvalue weighted by molar-refractivity contribution is -0.276. The Morgan fingerprint density at radius 2 is 1.94 bits per heavy atom. The number of anilines is 1. The van der Waals surface area contributed by atoms with Gasteiger partial charge in [-0.05, 0) is 0 Å². The van der Waals surface area contributed by atoms with Crippen LogP contribution in [0.3, 0.4) is 0 Å². The Balaban J connectivity index is 3.21. The highest BCUT2D eigenvalue weighted by Gasteiger charge is 2.33. The number of alkyl halides is 5. The number of pyridine rings is 1. The average Bonchev–Trinajstić information content (AvgIpc) is 2.15. The highest BCUT2D eigenvalue weighted by atomic mass is 19.4. The molecule has 0 spiro atoms. The van der Waals surface area contributed by atoms with Gasteiger partial charge in [0.2, 0.25) is 5.88 Å². The van der Waals surface area contributed by atoms with E-state index in [9.17, 15) is 22.0 Å². The summed E-state index contributed by atoms with van der Waals surface area (Å²) in [6.07, 6.45) is -7.41. The largest absolute Gasteiger partial charge is 0.574 e. The molecule has 1 aromatic heterocycles. The van der Waals surface area contributed by atoms with Gasteiger partial charge in [0.1, 0.15) is 0 Å². The van der Waals surface area contributed by atoms with E-state index in [1.165, 1.54) is 0 Å². The third-order valence-electron chi connectivity index (χ3n) is 1.87. The standard InChI is InChI=1S/C8H8F5N3O/c9-6(10)4-2-16-7(17-8(11,12)13)3(1-14)5(4)15/h2,6H,1,14H2,(H2,15,16). The molecule has 96 valence electrons. The first-order chi connectivity index (χ1) is 7.76. The Morgan fingerprint density at radius 1 is 1.35 bits per heavy atom. The zero-order chi connectivity index (χ0) is 13.2. The number of hydrogen-bond donors (Lipinski definition) is 2. The van der Waals surface area contributed by atoms with Crippen molar-refractivity contribution in [2.45, 2.75) is 19.3 Å². The fraction of sp³-hybridized carbons (Fsp3) is 0.375. The van der Waals surface area contributed by atoms with Crippen molar-refractivity contribution in [2.24, 2.45) is 5.73 Å². The molecule has 0 saturated heterocycles. The van der Waals surface area contributed by atoms with E-state index >= 15 is 0 Å². The van der Waals surface area contributed by atoms with Gasteiger partial charge in [0.15, 0.2) is 0 Å². The Hall–Kier alpha value is -1.64. The van der Waals surface area contributed by atoms with Gasteiger partial charge in [-0.3, -0.25) is 0 Å². The second-order valence-electron chi connectivity index (χ2n) is 2.96. The van der Waals surface area contributed by atoms with Crippen LogP contribution >= 0.6 is 0 Å². The molecule has 17 heavy (non-hydrogen) atoms. The summed E-state index contributed by atoms with van der Waals surface area (Å²) in [5.41, 5.74) is 8.77. The van der Waals surface area contributed by atoms with E-state index in [0.717, 1.165) is 0 Å². The molecule has 1 aromatic rings. The topological polar surface area (TPSA) is 74.2 Å². The molecule has 0 atom stereocenters. The highest BCUT2D eigenvalue weighted by Crippen LogP contribution is 2.33. The van der Waals surface area contributed by atoms with Gasteiger partial charge in [-0.25, -0.2) is 13.8 Å². The number of nitrogens with two attached hydrogens (primary N) is 2. The van der Waals surface area contributed by atoms with Crippen LogP contribution in [0.5, 0.6) is 5.88 Å². The van der Waals surface area contributed by atoms with Crippen molar-refractivity contribution in [1.82, 2.24) is 4.98 Å². The van der Waals surface area contributed by atoms with Crippen molar-refractivity contribution in [2.75, 3.05) is 5.73 Å². The Bertz CT molecular complexity index is 407. The third kappa shape index (κ3) is 3.16. The predicted molar refractivity (Wildman–Crippen MR) is 48.2 cm³/mol. The molecule has 0 saturated carbocycles. The molecule has 0 aromatic carbocycles. The number of halogens is 5. The van der Waals surface area contributed by atoms with Crippen LogP contribution < -0.4 is 16.2 Å². The van der Waals surface area contributed by atoms with Crippen molar-refractivity contribution in [1.29, 1.82) is 0 Å². The maximum Gasteiger partial charge on any atom is 0.574 e. The lowest BCUT2D eigenvalue weighted by Crippen LogP contribution is -2.20. The second kappa shape index (κ2) is 4.70. The highest BCUT2D eigenvalue weighted by molar-refractivity contribution is 5.57. The molecule has 9 heteroatoms. The summed E-state index contributed by atoms with van der Waals surface area (Å²) < 4.78 is 64.2. The molecule has 0 radical (unpaired) electrons. The third-order valence-corrected chi connectivity index (χ3v) is 1.87. The summed E-state index contributed by atoms with van der Waals surface area (Å²) in [6, 6.07) is 0. The first-order valence-electron chi connectivity index (χ1n) is 4.27. The average molecular weight is 257 g/mol. The number of nitrogens with zero attached hydrogens (tertiary/aromatic N) is 1. The van der Waals surface area contributed by atoms with Gasteiger partial charge in [-0.1, -0.05) is 0 Å². The van der Waals surface area contributed by atoms with Gasteiger partial charge in [-0.2, -0.15) is 0 Å². The van der Waals surface area contributed by atoms with Crippen LogP contribution in [0.4, 0.5) is 27.6 Å². The number of nitrogen functional groups attached to an aromatic ring is 1. The van der Waals surface area contributed by atoms with E-state index in [2.05, 4.69) is 9.72 Å². The molecular formula is C8H8F5N3O. The Morgan fingerprint density at radius 3 is 2.35 bits per heavy atom. The Labute approximate surface area is 92.4 Å². The molecule has 0 amide bonds. The van der Waals surface area contributed by atoms with Crippen LogP contribution in [0.2, 0.25) is 0 Å². The molecule has 0 aliphatic rings. The van der Waals surface area contributed by atoms with Crippen LogP contribution in [0, 0.1) is 0 Å². The minimum Gasteiger partial charge on any atom is -0.398 e.